The van der Waals surface area contributed by atoms with Crippen LogP contribution in [0.15, 0.2) is 10.9 Å². The zero-order valence-corrected chi connectivity index (χ0v) is 12.9. The number of hydrogen-bond donors (Lipinski definition) is 2. The Kier molecular flexibility index (Phi) is 4.70. The van der Waals surface area contributed by atoms with Crippen molar-refractivity contribution in [1.82, 2.24) is 9.47 Å². The lowest BCUT2D eigenvalue weighted by atomic mass is 10.0. The first-order valence-corrected chi connectivity index (χ1v) is 7.23. The molecule has 1 aromatic heterocycles. The third kappa shape index (κ3) is 3.28. The predicted molar refractivity (Wildman–Crippen MR) is 79.6 cm³/mol. The van der Waals surface area contributed by atoms with Crippen LogP contribution in [0, 0.1) is 6.92 Å². The highest BCUT2D eigenvalue weighted by Gasteiger charge is 2.27. The van der Waals surface area contributed by atoms with E-state index in [-0.39, 0.29) is 17.8 Å². The van der Waals surface area contributed by atoms with Crippen LogP contribution < -0.4 is 5.43 Å². The molecule has 2 heterocycles. The molecule has 0 radical (unpaired) electrons. The van der Waals surface area contributed by atoms with Gasteiger partial charge in [-0.3, -0.25) is 9.69 Å². The molecule has 6 nitrogen and oxygen atoms in total. The molecule has 1 saturated heterocycles. The number of aromatic hydroxyl groups is 1. The van der Waals surface area contributed by atoms with Crippen molar-refractivity contribution in [2.75, 3.05) is 32.9 Å². The van der Waals surface area contributed by atoms with Gasteiger partial charge in [-0.15, -0.1) is 0 Å². The van der Waals surface area contributed by atoms with Gasteiger partial charge < -0.3 is 19.5 Å². The van der Waals surface area contributed by atoms with Crippen LogP contribution in [-0.4, -0.2) is 52.6 Å². The average molecular weight is 296 g/mol. The monoisotopic (exact) mass is 296 g/mol. The Morgan fingerprint density at radius 2 is 1.95 bits per heavy atom. The highest BCUT2D eigenvalue weighted by molar-refractivity contribution is 5.31. The van der Waals surface area contributed by atoms with Crippen molar-refractivity contribution in [3.05, 3.63) is 27.7 Å². The zero-order chi connectivity index (χ0) is 15.6. The first-order valence-electron chi connectivity index (χ1n) is 7.23. The van der Waals surface area contributed by atoms with E-state index in [1.165, 1.54) is 6.07 Å². The third-order valence-corrected chi connectivity index (χ3v) is 3.94. The molecule has 2 N–H and O–H groups in total. The second-order valence-corrected chi connectivity index (χ2v) is 6.14. The number of ether oxygens (including phenoxy) is 1. The number of aliphatic hydroxyl groups excluding tert-OH is 1. The molecule has 0 bridgehead atoms. The molecule has 21 heavy (non-hydrogen) atoms. The van der Waals surface area contributed by atoms with Crippen molar-refractivity contribution in [1.29, 1.82) is 0 Å². The maximum Gasteiger partial charge on any atom is 0.223 e. The lowest BCUT2D eigenvalue weighted by Crippen LogP contribution is -2.40. The van der Waals surface area contributed by atoms with E-state index < -0.39 is 5.54 Å². The van der Waals surface area contributed by atoms with Crippen molar-refractivity contribution in [2.24, 2.45) is 0 Å². The van der Waals surface area contributed by atoms with Gasteiger partial charge in [-0.2, -0.15) is 0 Å². The van der Waals surface area contributed by atoms with Gasteiger partial charge in [-0.25, -0.2) is 0 Å². The number of pyridine rings is 1. The van der Waals surface area contributed by atoms with Crippen LogP contribution >= 0.6 is 0 Å². The molecular formula is C15H24N2O4. The average Bonchev–Trinajstić information content (AvgIpc) is 2.45. The van der Waals surface area contributed by atoms with E-state index in [0.29, 0.717) is 25.5 Å². The van der Waals surface area contributed by atoms with E-state index in [1.54, 1.807) is 0 Å². The van der Waals surface area contributed by atoms with Crippen molar-refractivity contribution in [3.8, 4) is 5.75 Å². The summed E-state index contributed by atoms with van der Waals surface area (Å²) in [5.74, 6) is -0.228. The van der Waals surface area contributed by atoms with E-state index in [1.807, 2.05) is 25.3 Å². The summed E-state index contributed by atoms with van der Waals surface area (Å²) >= 11 is 0. The van der Waals surface area contributed by atoms with Gasteiger partial charge in [-0.1, -0.05) is 0 Å². The lowest BCUT2D eigenvalue weighted by Gasteiger charge is -2.34. The number of aromatic nitrogens is 1. The topological polar surface area (TPSA) is 74.9 Å². The molecule has 0 aliphatic carbocycles. The fourth-order valence-corrected chi connectivity index (χ4v) is 2.81. The van der Waals surface area contributed by atoms with E-state index in [2.05, 4.69) is 4.90 Å². The van der Waals surface area contributed by atoms with E-state index >= 15 is 0 Å². The second kappa shape index (κ2) is 6.17. The van der Waals surface area contributed by atoms with Crippen LogP contribution in [0.25, 0.3) is 0 Å². The minimum atomic E-state index is -0.586. The number of aliphatic hydroxyl groups is 1. The largest absolute Gasteiger partial charge is 0.503 e. The van der Waals surface area contributed by atoms with Crippen molar-refractivity contribution in [2.45, 2.75) is 32.9 Å². The molecule has 1 aromatic rings. The van der Waals surface area contributed by atoms with E-state index in [9.17, 15) is 15.0 Å². The SMILES string of the molecule is Cc1cc(=O)c(O)c(CN2CCOCC2)n1C(C)(C)CO. The van der Waals surface area contributed by atoms with Gasteiger partial charge in [0, 0.05) is 31.4 Å². The molecular weight excluding hydrogens is 272 g/mol. The summed E-state index contributed by atoms with van der Waals surface area (Å²) in [6.07, 6.45) is 0. The summed E-state index contributed by atoms with van der Waals surface area (Å²) in [7, 11) is 0. The smallest absolute Gasteiger partial charge is 0.223 e. The lowest BCUT2D eigenvalue weighted by molar-refractivity contribution is 0.0314. The van der Waals surface area contributed by atoms with Crippen molar-refractivity contribution < 1.29 is 14.9 Å². The Hall–Kier alpha value is -1.37. The summed E-state index contributed by atoms with van der Waals surface area (Å²) in [6.45, 7) is 8.81. The molecule has 2 rings (SSSR count). The number of rotatable bonds is 4. The van der Waals surface area contributed by atoms with Gasteiger partial charge in [0.05, 0.1) is 31.1 Å². The molecule has 0 amide bonds. The Morgan fingerprint density at radius 1 is 1.33 bits per heavy atom. The van der Waals surface area contributed by atoms with Crippen LogP contribution in [-0.2, 0) is 16.8 Å². The molecule has 0 spiro atoms. The number of aryl methyl sites for hydroxylation is 1. The normalized spacial score (nSPS) is 17.1. The first kappa shape index (κ1) is 16.0. The highest BCUT2D eigenvalue weighted by Crippen LogP contribution is 2.25. The van der Waals surface area contributed by atoms with E-state index in [0.717, 1.165) is 18.8 Å². The molecule has 0 atom stereocenters. The molecule has 1 fully saturated rings. The van der Waals surface area contributed by atoms with Crippen LogP contribution in [0.4, 0.5) is 0 Å². The summed E-state index contributed by atoms with van der Waals surface area (Å²) in [5.41, 5.74) is 0.332. The maximum atomic E-state index is 11.9. The summed E-state index contributed by atoms with van der Waals surface area (Å²) in [5, 5.41) is 19.9. The van der Waals surface area contributed by atoms with Gasteiger partial charge in [0.2, 0.25) is 5.43 Å². The Bertz CT molecular complexity index is 560. The van der Waals surface area contributed by atoms with Crippen LogP contribution in [0.1, 0.15) is 25.2 Å². The van der Waals surface area contributed by atoms with E-state index in [4.69, 9.17) is 4.74 Å². The fraction of sp³-hybridized carbons (Fsp3) is 0.667. The third-order valence-electron chi connectivity index (χ3n) is 3.94. The van der Waals surface area contributed by atoms with Crippen molar-refractivity contribution >= 4 is 0 Å². The van der Waals surface area contributed by atoms with Gasteiger partial charge >= 0.3 is 0 Å². The van der Waals surface area contributed by atoms with Crippen LogP contribution in [0.2, 0.25) is 0 Å². The van der Waals surface area contributed by atoms with Gasteiger partial charge in [-0.05, 0) is 20.8 Å². The molecule has 0 unspecified atom stereocenters. The molecule has 118 valence electrons. The predicted octanol–water partition coefficient (Wildman–Crippen LogP) is 0.422. The van der Waals surface area contributed by atoms with Crippen LogP contribution in [0.3, 0.4) is 0 Å². The first-order chi connectivity index (χ1) is 9.86. The summed E-state index contributed by atoms with van der Waals surface area (Å²) in [4.78, 5) is 14.0. The van der Waals surface area contributed by atoms with Crippen LogP contribution in [0.5, 0.6) is 5.75 Å². The standard InChI is InChI=1S/C15H24N2O4/c1-11-8-13(19)14(20)12(17(11)15(2,3)10-18)9-16-4-6-21-7-5-16/h8,18,20H,4-7,9-10H2,1-3H3. The summed E-state index contributed by atoms with van der Waals surface area (Å²) in [6, 6.07) is 1.41. The Balaban J connectivity index is 2.48. The maximum absolute atomic E-state index is 11.9. The van der Waals surface area contributed by atoms with Gasteiger partial charge in [0.1, 0.15) is 0 Å². The number of hydrogen-bond acceptors (Lipinski definition) is 5. The quantitative estimate of drug-likeness (QED) is 0.842. The molecule has 6 heteroatoms. The minimum absolute atomic E-state index is 0.0771. The fourth-order valence-electron chi connectivity index (χ4n) is 2.81. The molecule has 0 aromatic carbocycles. The number of nitrogens with zero attached hydrogens (tertiary/aromatic N) is 2. The molecule has 1 aliphatic heterocycles. The van der Waals surface area contributed by atoms with Crippen molar-refractivity contribution in [3.63, 3.8) is 0 Å². The Labute approximate surface area is 124 Å². The summed E-state index contributed by atoms with van der Waals surface area (Å²) < 4.78 is 7.18. The van der Waals surface area contributed by atoms with Gasteiger partial charge in [0.25, 0.3) is 0 Å². The molecule has 1 aliphatic rings. The molecule has 0 saturated carbocycles. The highest BCUT2D eigenvalue weighted by atomic mass is 16.5. The van der Waals surface area contributed by atoms with Gasteiger partial charge in [0.15, 0.2) is 5.75 Å². The second-order valence-electron chi connectivity index (χ2n) is 6.14. The zero-order valence-electron chi connectivity index (χ0n) is 12.9. The number of morpholine rings is 1. The minimum Gasteiger partial charge on any atom is -0.503 e. The Morgan fingerprint density at radius 3 is 2.52 bits per heavy atom.